The molecule has 1 aliphatic heterocycles. The number of benzene rings is 1. The zero-order valence-electron chi connectivity index (χ0n) is 14.2. The third-order valence-electron chi connectivity index (χ3n) is 4.12. The lowest BCUT2D eigenvalue weighted by molar-refractivity contribution is -0.129. The Morgan fingerprint density at radius 1 is 1.33 bits per heavy atom. The van der Waals surface area contributed by atoms with Gasteiger partial charge in [-0.25, -0.2) is 8.42 Å². The Kier molecular flexibility index (Phi) is 5.98. The van der Waals surface area contributed by atoms with E-state index in [0.29, 0.717) is 16.5 Å². The second kappa shape index (κ2) is 7.61. The lowest BCUT2D eigenvalue weighted by Crippen LogP contribution is -2.36. The molecule has 1 heterocycles. The van der Waals surface area contributed by atoms with Crippen LogP contribution in [0.2, 0.25) is 5.02 Å². The zero-order chi connectivity index (χ0) is 17.9. The Hall–Kier alpha value is -1.47. The maximum atomic E-state index is 12.2. The van der Waals surface area contributed by atoms with E-state index in [9.17, 15) is 13.2 Å². The van der Waals surface area contributed by atoms with E-state index in [1.54, 1.807) is 24.0 Å². The lowest BCUT2D eigenvalue weighted by atomic mass is 10.2. The number of rotatable bonds is 6. The van der Waals surface area contributed by atoms with Gasteiger partial charge in [-0.3, -0.25) is 9.10 Å². The predicted octanol–water partition coefficient (Wildman–Crippen LogP) is 2.44. The van der Waals surface area contributed by atoms with E-state index in [1.165, 1.54) is 11.4 Å². The van der Waals surface area contributed by atoms with Gasteiger partial charge >= 0.3 is 0 Å². The summed E-state index contributed by atoms with van der Waals surface area (Å²) in [5.74, 6) is 0.343. The molecule has 6 nitrogen and oxygen atoms in total. The molecular formula is C16H23ClN2O4S. The van der Waals surface area contributed by atoms with Gasteiger partial charge in [0.2, 0.25) is 15.9 Å². The molecule has 8 heteroatoms. The number of carbonyl (C=O) groups is 1. The molecule has 1 aliphatic rings. The van der Waals surface area contributed by atoms with Crippen LogP contribution in [0.4, 0.5) is 5.69 Å². The summed E-state index contributed by atoms with van der Waals surface area (Å²) in [6.45, 7) is 3.37. The van der Waals surface area contributed by atoms with Crippen LogP contribution in [-0.4, -0.2) is 52.2 Å². The molecule has 1 fully saturated rings. The second-order valence-electron chi connectivity index (χ2n) is 5.95. The number of methoxy groups -OCH3 is 1. The maximum absolute atomic E-state index is 12.2. The van der Waals surface area contributed by atoms with Gasteiger partial charge in [0.1, 0.15) is 5.75 Å². The largest absolute Gasteiger partial charge is 0.494 e. The van der Waals surface area contributed by atoms with Crippen LogP contribution in [0.5, 0.6) is 5.75 Å². The fraction of sp³-hybridized carbons (Fsp3) is 0.562. The van der Waals surface area contributed by atoms with Crippen molar-refractivity contribution in [2.45, 2.75) is 26.2 Å². The Morgan fingerprint density at radius 2 is 1.96 bits per heavy atom. The van der Waals surface area contributed by atoms with Gasteiger partial charge in [0.15, 0.2) is 0 Å². The van der Waals surface area contributed by atoms with Crippen molar-refractivity contribution in [3.63, 3.8) is 0 Å². The predicted molar refractivity (Wildman–Crippen MR) is 95.4 cm³/mol. The van der Waals surface area contributed by atoms with E-state index in [2.05, 4.69) is 0 Å². The van der Waals surface area contributed by atoms with Gasteiger partial charge < -0.3 is 9.64 Å². The zero-order valence-corrected chi connectivity index (χ0v) is 15.8. The Bertz CT molecular complexity index is 715. The number of nitrogens with zero attached hydrogens (tertiary/aromatic N) is 2. The van der Waals surface area contributed by atoms with Crippen LogP contribution in [0.15, 0.2) is 12.1 Å². The van der Waals surface area contributed by atoms with Gasteiger partial charge in [-0.05, 0) is 31.4 Å². The highest BCUT2D eigenvalue weighted by Gasteiger charge is 2.25. The van der Waals surface area contributed by atoms with Crippen molar-refractivity contribution >= 4 is 33.2 Å². The molecule has 0 spiro atoms. The number of hydrogen-bond acceptors (Lipinski definition) is 4. The van der Waals surface area contributed by atoms with Crippen molar-refractivity contribution < 1.29 is 17.9 Å². The van der Waals surface area contributed by atoms with Crippen LogP contribution in [0, 0.1) is 6.92 Å². The van der Waals surface area contributed by atoms with E-state index < -0.39 is 10.0 Å². The van der Waals surface area contributed by atoms with Crippen molar-refractivity contribution in [1.82, 2.24) is 4.90 Å². The normalized spacial score (nSPS) is 14.8. The summed E-state index contributed by atoms with van der Waals surface area (Å²) in [5.41, 5.74) is 1.14. The number of hydrogen-bond donors (Lipinski definition) is 0. The summed E-state index contributed by atoms with van der Waals surface area (Å²) < 4.78 is 31.0. The first kappa shape index (κ1) is 18.9. The topological polar surface area (TPSA) is 66.9 Å². The molecule has 1 saturated heterocycles. The van der Waals surface area contributed by atoms with Gasteiger partial charge in [0.25, 0.3) is 0 Å². The molecule has 0 N–H and O–H groups in total. The summed E-state index contributed by atoms with van der Waals surface area (Å²) >= 11 is 6.09. The van der Waals surface area contributed by atoms with Crippen molar-refractivity contribution in [2.24, 2.45) is 0 Å². The number of sulfonamides is 1. The minimum atomic E-state index is -3.56. The molecule has 0 atom stereocenters. The molecule has 0 saturated carbocycles. The minimum absolute atomic E-state index is 0.0224. The lowest BCUT2D eigenvalue weighted by Gasteiger charge is -2.26. The summed E-state index contributed by atoms with van der Waals surface area (Å²) in [6, 6.07) is 3.26. The Balaban J connectivity index is 2.26. The molecule has 0 aromatic heterocycles. The summed E-state index contributed by atoms with van der Waals surface area (Å²) in [4.78, 5) is 14.0. The highest BCUT2D eigenvalue weighted by atomic mass is 35.5. The fourth-order valence-corrected chi connectivity index (χ4v) is 3.87. The monoisotopic (exact) mass is 374 g/mol. The van der Waals surface area contributed by atoms with E-state index in [1.807, 2.05) is 0 Å². The smallest absolute Gasteiger partial charge is 0.232 e. The van der Waals surface area contributed by atoms with E-state index in [-0.39, 0.29) is 18.9 Å². The molecule has 0 radical (unpaired) electrons. The number of anilines is 1. The molecular weight excluding hydrogens is 352 g/mol. The number of amides is 1. The molecule has 0 bridgehead atoms. The molecule has 2 rings (SSSR count). The number of aryl methyl sites for hydroxylation is 1. The Morgan fingerprint density at radius 3 is 2.50 bits per heavy atom. The summed E-state index contributed by atoms with van der Waals surface area (Å²) in [6.07, 6.45) is 3.27. The Labute approximate surface area is 148 Å². The van der Waals surface area contributed by atoms with Crippen LogP contribution < -0.4 is 9.04 Å². The molecule has 24 heavy (non-hydrogen) atoms. The SMILES string of the molecule is COc1cc(Cl)c(C)cc1N(CCC(=O)N1CCCC1)S(C)(=O)=O. The highest BCUT2D eigenvalue weighted by molar-refractivity contribution is 7.92. The average Bonchev–Trinajstić information content (AvgIpc) is 3.03. The van der Waals surface area contributed by atoms with Crippen LogP contribution >= 0.6 is 11.6 Å². The first-order valence-corrected chi connectivity index (χ1v) is 10.1. The molecule has 1 amide bonds. The van der Waals surface area contributed by atoms with Gasteiger partial charge in [-0.15, -0.1) is 0 Å². The van der Waals surface area contributed by atoms with E-state index in [4.69, 9.17) is 16.3 Å². The van der Waals surface area contributed by atoms with Gasteiger partial charge in [-0.2, -0.15) is 0 Å². The minimum Gasteiger partial charge on any atom is -0.494 e. The van der Waals surface area contributed by atoms with Crippen LogP contribution in [0.3, 0.4) is 0 Å². The maximum Gasteiger partial charge on any atom is 0.232 e. The third-order valence-corrected chi connectivity index (χ3v) is 5.70. The first-order valence-electron chi connectivity index (χ1n) is 7.83. The number of halogens is 1. The number of likely N-dealkylation sites (tertiary alicyclic amines) is 1. The van der Waals surface area contributed by atoms with Crippen LogP contribution in [0.1, 0.15) is 24.8 Å². The summed E-state index contributed by atoms with van der Waals surface area (Å²) in [5, 5.41) is 0.497. The van der Waals surface area contributed by atoms with Gasteiger partial charge in [0.05, 0.1) is 19.1 Å². The van der Waals surface area contributed by atoms with Crippen molar-refractivity contribution in [1.29, 1.82) is 0 Å². The quantitative estimate of drug-likeness (QED) is 0.767. The molecule has 0 unspecified atom stereocenters. The van der Waals surface area contributed by atoms with Crippen molar-refractivity contribution in [3.8, 4) is 5.75 Å². The van der Waals surface area contributed by atoms with Crippen LogP contribution in [-0.2, 0) is 14.8 Å². The molecule has 1 aromatic carbocycles. The van der Waals surface area contributed by atoms with Crippen molar-refractivity contribution in [2.75, 3.05) is 37.3 Å². The summed E-state index contributed by atoms with van der Waals surface area (Å²) in [7, 11) is -2.10. The van der Waals surface area contributed by atoms with Gasteiger partial charge in [0, 0.05) is 37.1 Å². The van der Waals surface area contributed by atoms with E-state index in [0.717, 1.165) is 37.8 Å². The molecule has 134 valence electrons. The number of carbonyl (C=O) groups excluding carboxylic acids is 1. The van der Waals surface area contributed by atoms with Crippen molar-refractivity contribution in [3.05, 3.63) is 22.7 Å². The average molecular weight is 375 g/mol. The fourth-order valence-electron chi connectivity index (χ4n) is 2.79. The number of ether oxygens (including phenoxy) is 1. The first-order chi connectivity index (χ1) is 11.2. The third kappa shape index (κ3) is 4.33. The van der Waals surface area contributed by atoms with Gasteiger partial charge in [-0.1, -0.05) is 11.6 Å². The molecule has 1 aromatic rings. The van der Waals surface area contributed by atoms with E-state index >= 15 is 0 Å². The molecule has 0 aliphatic carbocycles. The standard InChI is InChI=1S/C16H23ClN2O4S/c1-12-10-14(15(23-2)11-13(12)17)19(24(3,21)22)9-6-16(20)18-7-4-5-8-18/h10-11H,4-9H2,1-3H3. The van der Waals surface area contributed by atoms with Crippen LogP contribution in [0.25, 0.3) is 0 Å². The second-order valence-corrected chi connectivity index (χ2v) is 8.26. The highest BCUT2D eigenvalue weighted by Crippen LogP contribution is 2.35.